The van der Waals surface area contributed by atoms with Crippen molar-refractivity contribution >= 4 is 5.97 Å². The SMILES string of the molecule is Cn1nc(CCC(=O)O)cc1-c1ccnc(F)c1. The summed E-state index contributed by atoms with van der Waals surface area (Å²) in [6, 6.07) is 4.76. The minimum atomic E-state index is -0.864. The van der Waals surface area contributed by atoms with Crippen molar-refractivity contribution < 1.29 is 14.3 Å². The molecule has 18 heavy (non-hydrogen) atoms. The lowest BCUT2D eigenvalue weighted by Gasteiger charge is -2.00. The van der Waals surface area contributed by atoms with Crippen LogP contribution in [0.2, 0.25) is 0 Å². The summed E-state index contributed by atoms with van der Waals surface area (Å²) in [6.07, 6.45) is 1.77. The molecule has 6 heteroatoms. The number of hydrogen-bond donors (Lipinski definition) is 1. The minimum Gasteiger partial charge on any atom is -0.481 e. The molecule has 0 amide bonds. The molecule has 0 radical (unpaired) electrons. The van der Waals surface area contributed by atoms with E-state index in [9.17, 15) is 9.18 Å². The Morgan fingerprint density at radius 1 is 1.50 bits per heavy atom. The highest BCUT2D eigenvalue weighted by atomic mass is 19.1. The van der Waals surface area contributed by atoms with E-state index in [2.05, 4.69) is 10.1 Å². The summed E-state index contributed by atoms with van der Waals surface area (Å²) in [5, 5.41) is 12.8. The molecule has 0 aliphatic rings. The first-order chi connectivity index (χ1) is 8.56. The Kier molecular flexibility index (Phi) is 3.36. The van der Waals surface area contributed by atoms with Gasteiger partial charge in [0.1, 0.15) is 0 Å². The lowest BCUT2D eigenvalue weighted by molar-refractivity contribution is -0.136. The van der Waals surface area contributed by atoms with Gasteiger partial charge in [0.25, 0.3) is 0 Å². The van der Waals surface area contributed by atoms with E-state index in [1.54, 1.807) is 23.9 Å². The maximum atomic E-state index is 13.0. The number of aryl methyl sites for hydroxylation is 2. The van der Waals surface area contributed by atoms with Gasteiger partial charge < -0.3 is 5.11 Å². The van der Waals surface area contributed by atoms with E-state index >= 15 is 0 Å². The molecule has 2 aromatic rings. The van der Waals surface area contributed by atoms with Crippen molar-refractivity contribution in [2.24, 2.45) is 7.05 Å². The molecule has 0 aromatic carbocycles. The highest BCUT2D eigenvalue weighted by Gasteiger charge is 2.09. The smallest absolute Gasteiger partial charge is 0.303 e. The van der Waals surface area contributed by atoms with Crippen LogP contribution in [0.25, 0.3) is 11.3 Å². The summed E-state index contributed by atoms with van der Waals surface area (Å²) < 4.78 is 14.6. The predicted octanol–water partition coefficient (Wildman–Crippen LogP) is 1.64. The summed E-state index contributed by atoms with van der Waals surface area (Å²) in [5.41, 5.74) is 2.07. The molecule has 1 N–H and O–H groups in total. The van der Waals surface area contributed by atoms with Gasteiger partial charge in [-0.3, -0.25) is 9.48 Å². The van der Waals surface area contributed by atoms with Crippen molar-refractivity contribution in [1.82, 2.24) is 14.8 Å². The molecule has 2 rings (SSSR count). The van der Waals surface area contributed by atoms with Gasteiger partial charge in [0.15, 0.2) is 0 Å². The third-order valence-electron chi connectivity index (χ3n) is 2.55. The number of halogens is 1. The zero-order valence-electron chi connectivity index (χ0n) is 9.80. The van der Waals surface area contributed by atoms with Crippen LogP contribution in [0.4, 0.5) is 4.39 Å². The molecule has 0 atom stereocenters. The van der Waals surface area contributed by atoms with Crippen LogP contribution in [0.15, 0.2) is 24.4 Å². The Morgan fingerprint density at radius 2 is 2.28 bits per heavy atom. The van der Waals surface area contributed by atoms with Crippen LogP contribution in [0.5, 0.6) is 0 Å². The Hall–Kier alpha value is -2.24. The molecule has 0 unspecified atom stereocenters. The molecule has 2 aromatic heterocycles. The molecule has 0 bridgehead atoms. The summed E-state index contributed by atoms with van der Waals surface area (Å²) in [7, 11) is 1.73. The summed E-state index contributed by atoms with van der Waals surface area (Å²) in [6.45, 7) is 0. The van der Waals surface area contributed by atoms with Gasteiger partial charge in [-0.25, -0.2) is 4.98 Å². The van der Waals surface area contributed by atoms with Gasteiger partial charge >= 0.3 is 5.97 Å². The highest BCUT2D eigenvalue weighted by molar-refractivity contribution is 5.67. The number of carboxylic acid groups (broad SMARTS) is 1. The normalized spacial score (nSPS) is 10.6. The molecule has 5 nitrogen and oxygen atoms in total. The van der Waals surface area contributed by atoms with E-state index in [4.69, 9.17) is 5.11 Å². The fourth-order valence-corrected chi connectivity index (χ4v) is 1.72. The maximum Gasteiger partial charge on any atom is 0.303 e. The van der Waals surface area contributed by atoms with Crippen molar-refractivity contribution in [3.05, 3.63) is 36.0 Å². The largest absolute Gasteiger partial charge is 0.481 e. The van der Waals surface area contributed by atoms with Gasteiger partial charge in [0.2, 0.25) is 5.95 Å². The lowest BCUT2D eigenvalue weighted by Crippen LogP contribution is -1.99. The van der Waals surface area contributed by atoms with E-state index in [1.165, 1.54) is 12.3 Å². The van der Waals surface area contributed by atoms with E-state index in [1.807, 2.05) is 0 Å². The monoisotopic (exact) mass is 249 g/mol. The van der Waals surface area contributed by atoms with E-state index < -0.39 is 11.9 Å². The first kappa shape index (κ1) is 12.2. The lowest BCUT2D eigenvalue weighted by atomic mass is 10.1. The van der Waals surface area contributed by atoms with Crippen LogP contribution in [0.1, 0.15) is 12.1 Å². The van der Waals surface area contributed by atoms with Crippen LogP contribution in [-0.2, 0) is 18.3 Å². The third kappa shape index (κ3) is 2.71. The summed E-state index contributed by atoms with van der Waals surface area (Å²) in [4.78, 5) is 14.0. The van der Waals surface area contributed by atoms with Crippen LogP contribution < -0.4 is 0 Å². The second-order valence-corrected chi connectivity index (χ2v) is 3.91. The molecule has 2 heterocycles. The topological polar surface area (TPSA) is 68.0 Å². The first-order valence-electron chi connectivity index (χ1n) is 5.43. The Labute approximate surface area is 103 Å². The molecule has 0 saturated carbocycles. The number of nitrogens with zero attached hydrogens (tertiary/aromatic N) is 3. The van der Waals surface area contributed by atoms with Crippen molar-refractivity contribution in [2.45, 2.75) is 12.8 Å². The van der Waals surface area contributed by atoms with Gasteiger partial charge in [0, 0.05) is 31.3 Å². The van der Waals surface area contributed by atoms with Gasteiger partial charge in [-0.15, -0.1) is 0 Å². The molecule has 0 spiro atoms. The number of carbonyl (C=O) groups is 1. The van der Waals surface area contributed by atoms with E-state index in [-0.39, 0.29) is 6.42 Å². The predicted molar refractivity (Wildman–Crippen MR) is 62.4 cm³/mol. The number of carboxylic acids is 1. The number of hydrogen-bond acceptors (Lipinski definition) is 3. The van der Waals surface area contributed by atoms with Gasteiger partial charge in [-0.1, -0.05) is 0 Å². The molecule has 0 saturated heterocycles. The zero-order valence-corrected chi connectivity index (χ0v) is 9.80. The van der Waals surface area contributed by atoms with Crippen LogP contribution in [-0.4, -0.2) is 25.8 Å². The van der Waals surface area contributed by atoms with Crippen LogP contribution in [0.3, 0.4) is 0 Å². The molecule has 0 fully saturated rings. The number of rotatable bonds is 4. The molecular formula is C12H12FN3O2. The fourth-order valence-electron chi connectivity index (χ4n) is 1.72. The van der Waals surface area contributed by atoms with Gasteiger partial charge in [-0.2, -0.15) is 9.49 Å². The summed E-state index contributed by atoms with van der Waals surface area (Å²) >= 11 is 0. The van der Waals surface area contributed by atoms with Crippen molar-refractivity contribution in [2.75, 3.05) is 0 Å². The molecule has 0 aliphatic carbocycles. The number of aliphatic carboxylic acids is 1. The summed E-state index contributed by atoms with van der Waals surface area (Å²) in [5.74, 6) is -1.42. The van der Waals surface area contributed by atoms with E-state index in [0.717, 1.165) is 5.69 Å². The third-order valence-corrected chi connectivity index (χ3v) is 2.55. The number of aromatic nitrogens is 3. The zero-order chi connectivity index (χ0) is 13.1. The van der Waals surface area contributed by atoms with Crippen molar-refractivity contribution in [3.8, 4) is 11.3 Å². The molecular weight excluding hydrogens is 237 g/mol. The van der Waals surface area contributed by atoms with Crippen molar-refractivity contribution in [1.29, 1.82) is 0 Å². The van der Waals surface area contributed by atoms with E-state index in [0.29, 0.717) is 17.7 Å². The van der Waals surface area contributed by atoms with Gasteiger partial charge in [-0.05, 0) is 12.1 Å². The Balaban J connectivity index is 2.26. The quantitative estimate of drug-likeness (QED) is 0.836. The Bertz CT molecular complexity index is 580. The standard InChI is InChI=1S/C12H12FN3O2/c1-16-10(8-4-5-14-11(13)6-8)7-9(15-16)2-3-12(17)18/h4-7H,2-3H2,1H3,(H,17,18). The maximum absolute atomic E-state index is 13.0. The van der Waals surface area contributed by atoms with Gasteiger partial charge in [0.05, 0.1) is 17.8 Å². The van der Waals surface area contributed by atoms with Crippen molar-refractivity contribution in [3.63, 3.8) is 0 Å². The van der Waals surface area contributed by atoms with Crippen LogP contribution in [0, 0.1) is 5.95 Å². The minimum absolute atomic E-state index is 0.0289. The molecule has 0 aliphatic heterocycles. The average molecular weight is 249 g/mol. The van der Waals surface area contributed by atoms with Crippen LogP contribution >= 0.6 is 0 Å². The fraction of sp³-hybridized carbons (Fsp3) is 0.250. The molecule has 94 valence electrons. The second kappa shape index (κ2) is 4.95. The second-order valence-electron chi connectivity index (χ2n) is 3.91. The highest BCUT2D eigenvalue weighted by Crippen LogP contribution is 2.20. The average Bonchev–Trinajstić information content (AvgIpc) is 2.68. The Morgan fingerprint density at radius 3 is 2.94 bits per heavy atom. The first-order valence-corrected chi connectivity index (χ1v) is 5.43. The number of pyridine rings is 1.